The predicted octanol–water partition coefficient (Wildman–Crippen LogP) is 3.46. The maximum Gasteiger partial charge on any atom is 0.243 e. The minimum absolute atomic E-state index is 0.0792. The SMILES string of the molecule is CCOc1cc2c(cc1NC(=O)[C@H]1CCCN(S(=O)(=O)c3ccc(OC)cc3)C1)O[C@@H](C)C2. The molecule has 8 nitrogen and oxygen atoms in total. The van der Waals surface area contributed by atoms with Crippen LogP contribution in [0.15, 0.2) is 41.3 Å². The fourth-order valence-corrected chi connectivity index (χ4v) is 5.84. The summed E-state index contributed by atoms with van der Waals surface area (Å²) in [6.07, 6.45) is 2.10. The Bertz CT molecular complexity index is 1120. The summed E-state index contributed by atoms with van der Waals surface area (Å²) >= 11 is 0. The first-order valence-corrected chi connectivity index (χ1v) is 12.7. The van der Waals surface area contributed by atoms with Crippen LogP contribution in [0, 0.1) is 5.92 Å². The second-order valence-electron chi connectivity index (χ2n) is 8.39. The molecule has 1 saturated heterocycles. The van der Waals surface area contributed by atoms with E-state index in [1.54, 1.807) is 18.2 Å². The van der Waals surface area contributed by atoms with E-state index in [0.29, 0.717) is 43.2 Å². The van der Waals surface area contributed by atoms with Gasteiger partial charge in [-0.2, -0.15) is 4.31 Å². The van der Waals surface area contributed by atoms with E-state index in [0.717, 1.165) is 17.7 Å². The molecule has 33 heavy (non-hydrogen) atoms. The fourth-order valence-electron chi connectivity index (χ4n) is 4.32. The van der Waals surface area contributed by atoms with Crippen LogP contribution < -0.4 is 19.5 Å². The van der Waals surface area contributed by atoms with Gasteiger partial charge in [0, 0.05) is 31.1 Å². The number of hydrogen-bond donors (Lipinski definition) is 1. The Morgan fingerprint density at radius 3 is 2.70 bits per heavy atom. The van der Waals surface area contributed by atoms with Crippen LogP contribution in [-0.4, -0.2) is 51.5 Å². The Morgan fingerprint density at radius 2 is 2.00 bits per heavy atom. The number of fused-ring (bicyclic) bond motifs is 1. The first kappa shape index (κ1) is 23.4. The summed E-state index contributed by atoms with van der Waals surface area (Å²) in [7, 11) is -2.17. The number of rotatable bonds is 7. The lowest BCUT2D eigenvalue weighted by Gasteiger charge is -2.31. The third-order valence-electron chi connectivity index (χ3n) is 6.01. The van der Waals surface area contributed by atoms with E-state index in [1.165, 1.54) is 23.5 Å². The normalized spacial score (nSPS) is 20.6. The number of ether oxygens (including phenoxy) is 3. The second-order valence-corrected chi connectivity index (χ2v) is 10.3. The molecule has 0 aromatic heterocycles. The Morgan fingerprint density at radius 1 is 1.24 bits per heavy atom. The predicted molar refractivity (Wildman–Crippen MR) is 125 cm³/mol. The standard InChI is InChI=1S/C24H30N2O6S/c1-4-31-23-13-18-12-16(2)32-22(18)14-21(23)25-24(27)17-6-5-11-26(15-17)33(28,29)20-9-7-19(30-3)8-10-20/h7-10,13-14,16-17H,4-6,11-12,15H2,1-3H3,(H,25,27)/t16-,17-/m0/s1. The number of benzene rings is 2. The van der Waals surface area contributed by atoms with E-state index in [1.807, 2.05) is 19.9 Å². The first-order chi connectivity index (χ1) is 15.8. The Labute approximate surface area is 194 Å². The molecule has 0 unspecified atom stereocenters. The zero-order chi connectivity index (χ0) is 23.6. The number of anilines is 1. The molecule has 0 saturated carbocycles. The maximum atomic E-state index is 13.1. The highest BCUT2D eigenvalue weighted by atomic mass is 32.2. The van der Waals surface area contributed by atoms with Crippen molar-refractivity contribution in [1.82, 2.24) is 4.31 Å². The summed E-state index contributed by atoms with van der Waals surface area (Å²) in [4.78, 5) is 13.3. The van der Waals surface area contributed by atoms with E-state index in [4.69, 9.17) is 14.2 Å². The van der Waals surface area contributed by atoms with E-state index < -0.39 is 15.9 Å². The lowest BCUT2D eigenvalue weighted by molar-refractivity contribution is -0.120. The van der Waals surface area contributed by atoms with Crippen molar-refractivity contribution < 1.29 is 27.4 Å². The molecule has 0 bridgehead atoms. The van der Waals surface area contributed by atoms with Crippen LogP contribution in [0.3, 0.4) is 0 Å². The van der Waals surface area contributed by atoms with Gasteiger partial charge in [0.15, 0.2) is 0 Å². The number of hydrogen-bond acceptors (Lipinski definition) is 6. The molecule has 0 spiro atoms. The third-order valence-corrected chi connectivity index (χ3v) is 7.89. The van der Waals surface area contributed by atoms with Crippen molar-refractivity contribution in [1.29, 1.82) is 0 Å². The summed E-state index contributed by atoms with van der Waals surface area (Å²) in [5, 5.41) is 2.95. The van der Waals surface area contributed by atoms with Crippen LogP contribution in [-0.2, 0) is 21.2 Å². The van der Waals surface area contributed by atoms with Gasteiger partial charge in [0.05, 0.1) is 30.2 Å². The molecule has 0 aliphatic carbocycles. The van der Waals surface area contributed by atoms with Gasteiger partial charge in [0.1, 0.15) is 23.4 Å². The second kappa shape index (κ2) is 9.61. The van der Waals surface area contributed by atoms with Crippen molar-refractivity contribution in [2.75, 3.05) is 32.1 Å². The number of carbonyl (C=O) groups is 1. The summed E-state index contributed by atoms with van der Waals surface area (Å²) < 4.78 is 44.3. The van der Waals surface area contributed by atoms with E-state index >= 15 is 0 Å². The maximum absolute atomic E-state index is 13.1. The van der Waals surface area contributed by atoms with Gasteiger partial charge in [-0.1, -0.05) is 0 Å². The molecule has 1 N–H and O–H groups in total. The molecular weight excluding hydrogens is 444 g/mol. The van der Waals surface area contributed by atoms with Crippen molar-refractivity contribution in [3.63, 3.8) is 0 Å². The topological polar surface area (TPSA) is 94.2 Å². The molecule has 2 aromatic rings. The largest absolute Gasteiger partial charge is 0.497 e. The van der Waals surface area contributed by atoms with Gasteiger partial charge >= 0.3 is 0 Å². The smallest absolute Gasteiger partial charge is 0.243 e. The molecule has 178 valence electrons. The summed E-state index contributed by atoms with van der Waals surface area (Å²) in [6.45, 7) is 4.87. The van der Waals surface area contributed by atoms with E-state index in [-0.39, 0.29) is 23.5 Å². The minimum Gasteiger partial charge on any atom is -0.497 e. The number of nitrogens with one attached hydrogen (secondary N) is 1. The van der Waals surface area contributed by atoms with Crippen LogP contribution in [0.1, 0.15) is 32.3 Å². The number of carbonyl (C=O) groups excluding carboxylic acids is 1. The van der Waals surface area contributed by atoms with Crippen molar-refractivity contribution in [3.8, 4) is 17.2 Å². The van der Waals surface area contributed by atoms with Gasteiger partial charge in [0.2, 0.25) is 15.9 Å². The van der Waals surface area contributed by atoms with Crippen molar-refractivity contribution >= 4 is 21.6 Å². The average molecular weight is 475 g/mol. The van der Waals surface area contributed by atoms with Crippen LogP contribution in [0.4, 0.5) is 5.69 Å². The average Bonchev–Trinajstić information content (AvgIpc) is 3.18. The number of amides is 1. The summed E-state index contributed by atoms with van der Waals surface area (Å²) in [5.74, 6) is 1.24. The number of piperidine rings is 1. The lowest BCUT2D eigenvalue weighted by Crippen LogP contribution is -2.43. The van der Waals surface area contributed by atoms with Crippen molar-refractivity contribution in [3.05, 3.63) is 42.0 Å². The number of sulfonamides is 1. The van der Waals surface area contributed by atoms with Crippen molar-refractivity contribution in [2.24, 2.45) is 5.92 Å². The molecule has 2 aromatic carbocycles. The van der Waals surface area contributed by atoms with Gasteiger partial charge in [-0.05, 0) is 57.0 Å². The summed E-state index contributed by atoms with van der Waals surface area (Å²) in [6, 6.07) is 10.0. The van der Waals surface area contributed by atoms with Crippen LogP contribution in [0.2, 0.25) is 0 Å². The molecule has 1 fully saturated rings. The fraction of sp³-hybridized carbons (Fsp3) is 0.458. The third kappa shape index (κ3) is 4.94. The lowest BCUT2D eigenvalue weighted by atomic mass is 9.98. The quantitative estimate of drug-likeness (QED) is 0.661. The van der Waals surface area contributed by atoms with Gasteiger partial charge < -0.3 is 19.5 Å². The Balaban J connectivity index is 1.50. The van der Waals surface area contributed by atoms with Crippen LogP contribution in [0.25, 0.3) is 0 Å². The van der Waals surface area contributed by atoms with Gasteiger partial charge in [0.25, 0.3) is 0 Å². The number of nitrogens with zero attached hydrogens (tertiary/aromatic N) is 1. The molecular formula is C24H30N2O6S. The Kier molecular flexibility index (Phi) is 6.81. The molecule has 2 aliphatic rings. The molecule has 0 radical (unpaired) electrons. The highest BCUT2D eigenvalue weighted by Gasteiger charge is 2.34. The van der Waals surface area contributed by atoms with E-state index in [2.05, 4.69) is 5.32 Å². The van der Waals surface area contributed by atoms with E-state index in [9.17, 15) is 13.2 Å². The van der Waals surface area contributed by atoms with Crippen LogP contribution in [0.5, 0.6) is 17.2 Å². The minimum atomic E-state index is -3.70. The highest BCUT2D eigenvalue weighted by molar-refractivity contribution is 7.89. The molecule has 2 aliphatic heterocycles. The molecule has 4 rings (SSSR count). The van der Waals surface area contributed by atoms with Gasteiger partial charge in [-0.15, -0.1) is 0 Å². The molecule has 2 heterocycles. The summed E-state index contributed by atoms with van der Waals surface area (Å²) in [5.41, 5.74) is 1.60. The first-order valence-electron chi connectivity index (χ1n) is 11.2. The highest BCUT2D eigenvalue weighted by Crippen LogP contribution is 2.38. The monoisotopic (exact) mass is 474 g/mol. The zero-order valence-electron chi connectivity index (χ0n) is 19.2. The van der Waals surface area contributed by atoms with Crippen molar-refractivity contribution in [2.45, 2.75) is 44.1 Å². The van der Waals surface area contributed by atoms with Gasteiger partial charge in [-0.3, -0.25) is 4.79 Å². The molecule has 2 atom stereocenters. The molecule has 9 heteroatoms. The van der Waals surface area contributed by atoms with Gasteiger partial charge in [-0.25, -0.2) is 8.42 Å². The Hall–Kier alpha value is -2.78. The number of methoxy groups -OCH3 is 1. The zero-order valence-corrected chi connectivity index (χ0v) is 20.0. The van der Waals surface area contributed by atoms with Crippen LogP contribution >= 0.6 is 0 Å². The molecule has 1 amide bonds.